The fourth-order valence-electron chi connectivity index (χ4n) is 1.71. The van der Waals surface area contributed by atoms with Gasteiger partial charge < -0.3 is 15.1 Å². The van der Waals surface area contributed by atoms with Crippen LogP contribution in [0.15, 0.2) is 29.4 Å². The van der Waals surface area contributed by atoms with Crippen molar-refractivity contribution in [1.82, 2.24) is 9.97 Å². The normalized spacial score (nSPS) is 11.7. The van der Waals surface area contributed by atoms with Crippen LogP contribution < -0.4 is 0 Å². The first-order chi connectivity index (χ1) is 9.54. The van der Waals surface area contributed by atoms with Crippen LogP contribution in [0.3, 0.4) is 0 Å². The van der Waals surface area contributed by atoms with E-state index in [1.165, 1.54) is 6.08 Å². The smallest absolute Gasteiger partial charge is 0.344 e. The van der Waals surface area contributed by atoms with Crippen molar-refractivity contribution in [2.45, 2.75) is 6.92 Å². The Morgan fingerprint density at radius 3 is 3.10 bits per heavy atom. The highest BCUT2D eigenvalue weighted by Crippen LogP contribution is 2.25. The third-order valence-electron chi connectivity index (χ3n) is 2.58. The van der Waals surface area contributed by atoms with Crippen molar-refractivity contribution in [3.8, 4) is 0 Å². The topological polar surface area (TPSA) is 78.8 Å². The second-order valence-corrected chi connectivity index (χ2v) is 4.77. The monoisotopic (exact) mass is 309 g/mol. The summed E-state index contributed by atoms with van der Waals surface area (Å²) in [6.45, 7) is 1.96. The number of rotatable bonds is 4. The minimum Gasteiger partial charge on any atom is -0.462 e. The summed E-state index contributed by atoms with van der Waals surface area (Å²) in [4.78, 5) is 18.6. The number of ether oxygens (including phenoxy) is 1. The van der Waals surface area contributed by atoms with Gasteiger partial charge in [-0.2, -0.15) is 0 Å². The molecular weight excluding hydrogens is 298 g/mol. The SMILES string of the molecule is CCOC(=O)/C(S)=C/C(=N)c1c[nH]c2nccc(Cl)c12. The molecule has 0 saturated heterocycles. The Kier molecular flexibility index (Phi) is 4.46. The van der Waals surface area contributed by atoms with Crippen molar-refractivity contribution in [1.29, 1.82) is 5.41 Å². The van der Waals surface area contributed by atoms with Crippen LogP contribution in [-0.2, 0) is 9.53 Å². The van der Waals surface area contributed by atoms with Gasteiger partial charge in [-0.25, -0.2) is 9.78 Å². The van der Waals surface area contributed by atoms with Gasteiger partial charge in [0, 0.05) is 23.3 Å². The number of carbonyl (C=O) groups excluding carboxylic acids is 1. The average molecular weight is 310 g/mol. The first-order valence-electron chi connectivity index (χ1n) is 5.83. The van der Waals surface area contributed by atoms with Crippen molar-refractivity contribution in [3.63, 3.8) is 0 Å². The zero-order valence-electron chi connectivity index (χ0n) is 10.6. The average Bonchev–Trinajstić information content (AvgIpc) is 2.84. The second-order valence-electron chi connectivity index (χ2n) is 3.88. The Morgan fingerprint density at radius 1 is 1.65 bits per heavy atom. The van der Waals surface area contributed by atoms with Gasteiger partial charge in [0.25, 0.3) is 0 Å². The summed E-state index contributed by atoms with van der Waals surface area (Å²) in [7, 11) is 0. The van der Waals surface area contributed by atoms with E-state index in [1.807, 2.05) is 0 Å². The number of esters is 1. The summed E-state index contributed by atoms with van der Waals surface area (Å²) in [5.41, 5.74) is 1.24. The molecule has 0 radical (unpaired) electrons. The maximum absolute atomic E-state index is 11.5. The zero-order valence-corrected chi connectivity index (χ0v) is 12.3. The van der Waals surface area contributed by atoms with E-state index in [9.17, 15) is 4.79 Å². The number of allylic oxidation sites excluding steroid dienone is 1. The van der Waals surface area contributed by atoms with Gasteiger partial charge in [-0.05, 0) is 19.1 Å². The third kappa shape index (κ3) is 2.86. The number of thiol groups is 1. The number of nitrogens with zero attached hydrogens (tertiary/aromatic N) is 1. The van der Waals surface area contributed by atoms with Crippen LogP contribution >= 0.6 is 24.2 Å². The number of carbonyl (C=O) groups is 1. The van der Waals surface area contributed by atoms with E-state index in [-0.39, 0.29) is 17.2 Å². The molecule has 0 unspecified atom stereocenters. The second kappa shape index (κ2) is 6.11. The van der Waals surface area contributed by atoms with Crippen LogP contribution in [0.25, 0.3) is 11.0 Å². The highest BCUT2D eigenvalue weighted by atomic mass is 35.5. The zero-order chi connectivity index (χ0) is 14.7. The van der Waals surface area contributed by atoms with Gasteiger partial charge in [0.15, 0.2) is 0 Å². The standard InChI is InChI=1S/C13H12ClN3O2S/c1-2-19-13(18)10(20)5-9(15)7-6-17-12-11(7)8(14)3-4-16-12/h3-6,15,20H,2H2,1H3,(H,16,17)/b10-5-,15-9?. The van der Waals surface area contributed by atoms with Crippen LogP contribution in [0.1, 0.15) is 12.5 Å². The van der Waals surface area contributed by atoms with Crippen LogP contribution in [-0.4, -0.2) is 28.3 Å². The molecule has 0 aliphatic heterocycles. The van der Waals surface area contributed by atoms with Gasteiger partial charge in [-0.3, -0.25) is 0 Å². The summed E-state index contributed by atoms with van der Waals surface area (Å²) in [6, 6.07) is 1.64. The highest BCUT2D eigenvalue weighted by Gasteiger charge is 2.13. The number of hydrogen-bond acceptors (Lipinski definition) is 5. The van der Waals surface area contributed by atoms with Crippen LogP contribution in [0, 0.1) is 5.41 Å². The maximum Gasteiger partial charge on any atom is 0.344 e. The molecule has 0 aliphatic carbocycles. The van der Waals surface area contributed by atoms with Crippen LogP contribution in [0.2, 0.25) is 5.02 Å². The quantitative estimate of drug-likeness (QED) is 0.351. The largest absolute Gasteiger partial charge is 0.462 e. The van der Waals surface area contributed by atoms with E-state index in [1.54, 1.807) is 25.4 Å². The molecule has 2 heterocycles. The summed E-state index contributed by atoms with van der Waals surface area (Å²) >= 11 is 10.1. The molecule has 2 rings (SSSR count). The predicted molar refractivity (Wildman–Crippen MR) is 81.6 cm³/mol. The molecular formula is C13H12ClN3O2S. The molecule has 5 nitrogen and oxygen atoms in total. The van der Waals surface area contributed by atoms with Crippen molar-refractivity contribution in [3.05, 3.63) is 40.0 Å². The molecule has 2 aromatic heterocycles. The van der Waals surface area contributed by atoms with E-state index >= 15 is 0 Å². The van der Waals surface area contributed by atoms with Gasteiger partial charge >= 0.3 is 5.97 Å². The molecule has 0 aliphatic rings. The molecule has 0 bridgehead atoms. The summed E-state index contributed by atoms with van der Waals surface area (Å²) in [6.07, 6.45) is 4.52. The number of halogens is 1. The molecule has 0 atom stereocenters. The lowest BCUT2D eigenvalue weighted by Crippen LogP contribution is -2.06. The number of pyridine rings is 1. The van der Waals surface area contributed by atoms with Crippen molar-refractivity contribution >= 4 is 46.9 Å². The number of hydrogen-bond donors (Lipinski definition) is 3. The minimum absolute atomic E-state index is 0.0613. The Bertz CT molecular complexity index is 709. The van der Waals surface area contributed by atoms with Gasteiger partial charge in [0.2, 0.25) is 0 Å². The van der Waals surface area contributed by atoms with E-state index in [0.717, 1.165) is 0 Å². The molecule has 7 heteroatoms. The van der Waals surface area contributed by atoms with Crippen molar-refractivity contribution < 1.29 is 9.53 Å². The number of nitrogens with one attached hydrogen (secondary N) is 2. The molecule has 0 saturated carbocycles. The number of aromatic nitrogens is 2. The van der Waals surface area contributed by atoms with Gasteiger partial charge in [0.1, 0.15) is 5.65 Å². The Hall–Kier alpha value is -1.79. The fraction of sp³-hybridized carbons (Fsp3) is 0.154. The number of aromatic amines is 1. The molecule has 104 valence electrons. The van der Waals surface area contributed by atoms with E-state index < -0.39 is 5.97 Å². The van der Waals surface area contributed by atoms with Gasteiger partial charge in [0.05, 0.1) is 22.2 Å². The Balaban J connectivity index is 2.37. The molecule has 2 N–H and O–H groups in total. The highest BCUT2D eigenvalue weighted by molar-refractivity contribution is 7.85. The lowest BCUT2D eigenvalue weighted by molar-refractivity contribution is -0.137. The van der Waals surface area contributed by atoms with Gasteiger partial charge in [-0.1, -0.05) is 11.6 Å². The molecule has 0 fully saturated rings. The number of H-pyrrole nitrogens is 1. The minimum atomic E-state index is -0.565. The molecule has 0 amide bonds. The first-order valence-corrected chi connectivity index (χ1v) is 6.65. The summed E-state index contributed by atoms with van der Waals surface area (Å²) in [5, 5.41) is 9.17. The van der Waals surface area contributed by atoms with Gasteiger partial charge in [-0.15, -0.1) is 12.6 Å². The summed E-state index contributed by atoms with van der Waals surface area (Å²) in [5.74, 6) is -0.565. The number of fused-ring (bicyclic) bond motifs is 1. The molecule has 0 spiro atoms. The van der Waals surface area contributed by atoms with Crippen LogP contribution in [0.5, 0.6) is 0 Å². The van der Waals surface area contributed by atoms with Crippen molar-refractivity contribution in [2.24, 2.45) is 0 Å². The van der Waals surface area contributed by atoms with E-state index in [2.05, 4.69) is 22.6 Å². The lowest BCUT2D eigenvalue weighted by atomic mass is 10.1. The molecule has 2 aromatic rings. The Labute approximate surface area is 125 Å². The van der Waals surface area contributed by atoms with E-state index in [4.69, 9.17) is 21.7 Å². The lowest BCUT2D eigenvalue weighted by Gasteiger charge is -2.02. The van der Waals surface area contributed by atoms with E-state index in [0.29, 0.717) is 21.6 Å². The van der Waals surface area contributed by atoms with Crippen LogP contribution in [0.4, 0.5) is 0 Å². The first kappa shape index (κ1) is 14.6. The fourth-order valence-corrected chi connectivity index (χ4v) is 2.15. The van der Waals surface area contributed by atoms with Crippen molar-refractivity contribution in [2.75, 3.05) is 6.61 Å². The maximum atomic E-state index is 11.5. The molecule has 0 aromatic carbocycles. The Morgan fingerprint density at radius 2 is 2.40 bits per heavy atom. The predicted octanol–water partition coefficient (Wildman–Crippen LogP) is 2.96. The third-order valence-corrected chi connectivity index (χ3v) is 3.21. The molecule has 20 heavy (non-hydrogen) atoms. The summed E-state index contributed by atoms with van der Waals surface area (Å²) < 4.78 is 4.81.